The Morgan fingerprint density at radius 2 is 1.66 bits per heavy atom. The molecule has 0 bridgehead atoms. The molecule has 0 aliphatic heterocycles. The average molecular weight is 616 g/mol. The van der Waals surface area contributed by atoms with Crippen LogP contribution in [-0.2, 0) is 11.3 Å². The van der Waals surface area contributed by atoms with Gasteiger partial charge in [-0.05, 0) is 61.0 Å². The van der Waals surface area contributed by atoms with Crippen molar-refractivity contribution in [2.45, 2.75) is 40.1 Å². The van der Waals surface area contributed by atoms with Crippen molar-refractivity contribution in [3.05, 3.63) is 72.3 Å². The van der Waals surface area contributed by atoms with Crippen molar-refractivity contribution >= 4 is 34.5 Å². The molecule has 11 nitrogen and oxygen atoms in total. The van der Waals surface area contributed by atoms with E-state index in [4.69, 9.17) is 21.9 Å². The number of amides is 2. The van der Waals surface area contributed by atoms with Crippen LogP contribution in [-0.4, -0.2) is 47.3 Å². The number of hydrogen-bond donors (Lipinski definition) is 4. The first-order chi connectivity index (χ1) is 20.9. The SMILES string of the molecule is CC.CCCN=C(N)N.COc1ccc(NC(=O)c2ccc3c(c2)nc(-c2cccc(OC(F)(F)F)c2)n3CC(N)=O)cc1. The van der Waals surface area contributed by atoms with Crippen LogP contribution in [0.25, 0.3) is 22.4 Å². The van der Waals surface area contributed by atoms with Gasteiger partial charge in [0.2, 0.25) is 5.91 Å². The standard InChI is InChI=1S/C24H19F3N4O4.C4H11N3.C2H6/c1-34-17-8-6-16(7-9-17)29-23(33)15-5-10-20-19(12-15)30-22(31(20)13-21(28)32)14-3-2-4-18(11-14)35-24(25,26)27;1-2-3-7-4(5)6;1-2/h2-12H,13H2,1H3,(H2,28,32)(H,29,33);2-3H2,1H3,(H4,5,6,7);1-2H3. The summed E-state index contributed by atoms with van der Waals surface area (Å²) in [5.41, 5.74) is 17.3. The molecule has 2 amide bonds. The number of primary amides is 1. The quantitative estimate of drug-likeness (QED) is 0.151. The first-order valence-corrected chi connectivity index (χ1v) is 13.6. The topological polar surface area (TPSA) is 173 Å². The number of ether oxygens (including phenoxy) is 2. The summed E-state index contributed by atoms with van der Waals surface area (Å²) in [6.45, 7) is 6.49. The summed E-state index contributed by atoms with van der Waals surface area (Å²) in [7, 11) is 1.54. The molecule has 0 saturated carbocycles. The molecule has 7 N–H and O–H groups in total. The number of nitrogens with two attached hydrogens (primary N) is 3. The van der Waals surface area contributed by atoms with Gasteiger partial charge in [-0.3, -0.25) is 14.6 Å². The molecular weight excluding hydrogens is 579 g/mol. The third-order valence-corrected chi connectivity index (χ3v) is 5.52. The van der Waals surface area contributed by atoms with Crippen molar-refractivity contribution in [1.82, 2.24) is 9.55 Å². The second kappa shape index (κ2) is 16.4. The van der Waals surface area contributed by atoms with Gasteiger partial charge < -0.3 is 36.6 Å². The molecule has 0 aliphatic carbocycles. The van der Waals surface area contributed by atoms with Crippen LogP contribution in [0.5, 0.6) is 11.5 Å². The number of methoxy groups -OCH3 is 1. The summed E-state index contributed by atoms with van der Waals surface area (Å²) in [4.78, 5) is 32.6. The number of guanidine groups is 1. The van der Waals surface area contributed by atoms with E-state index in [9.17, 15) is 22.8 Å². The van der Waals surface area contributed by atoms with E-state index in [1.807, 2.05) is 20.8 Å². The van der Waals surface area contributed by atoms with E-state index >= 15 is 0 Å². The highest BCUT2D eigenvalue weighted by atomic mass is 19.4. The molecule has 0 radical (unpaired) electrons. The first-order valence-electron chi connectivity index (χ1n) is 13.6. The van der Waals surface area contributed by atoms with Crippen molar-refractivity contribution in [3.8, 4) is 22.9 Å². The van der Waals surface area contributed by atoms with Gasteiger partial charge in [0.15, 0.2) is 5.96 Å². The van der Waals surface area contributed by atoms with Crippen molar-refractivity contribution in [3.63, 3.8) is 0 Å². The van der Waals surface area contributed by atoms with Gasteiger partial charge in [-0.1, -0.05) is 32.9 Å². The molecule has 3 aromatic carbocycles. The zero-order valence-electron chi connectivity index (χ0n) is 24.8. The number of rotatable bonds is 9. The number of benzene rings is 3. The number of imidazole rings is 1. The average Bonchev–Trinajstić information content (AvgIpc) is 3.34. The van der Waals surface area contributed by atoms with Gasteiger partial charge in [0.05, 0.1) is 18.1 Å². The Hall–Kier alpha value is -5.27. The number of anilines is 1. The van der Waals surface area contributed by atoms with Gasteiger partial charge in [-0.15, -0.1) is 13.2 Å². The lowest BCUT2D eigenvalue weighted by atomic mass is 10.1. The number of aromatic nitrogens is 2. The van der Waals surface area contributed by atoms with E-state index in [1.54, 1.807) is 36.4 Å². The highest BCUT2D eigenvalue weighted by Gasteiger charge is 2.31. The highest BCUT2D eigenvalue weighted by Crippen LogP contribution is 2.30. The summed E-state index contributed by atoms with van der Waals surface area (Å²) < 4.78 is 48.5. The lowest BCUT2D eigenvalue weighted by molar-refractivity contribution is -0.274. The fraction of sp³-hybridized carbons (Fsp3) is 0.267. The Morgan fingerprint density at radius 3 is 2.20 bits per heavy atom. The third kappa shape index (κ3) is 10.5. The van der Waals surface area contributed by atoms with Gasteiger partial charge in [0, 0.05) is 23.4 Å². The maximum atomic E-state index is 12.8. The summed E-state index contributed by atoms with van der Waals surface area (Å²) in [6, 6.07) is 16.6. The molecular formula is C30H36F3N7O4. The van der Waals surface area contributed by atoms with Gasteiger partial charge in [-0.25, -0.2) is 4.98 Å². The van der Waals surface area contributed by atoms with Gasteiger partial charge >= 0.3 is 6.36 Å². The molecule has 0 unspecified atom stereocenters. The number of hydrogen-bond acceptors (Lipinski definition) is 6. The minimum atomic E-state index is -4.86. The van der Waals surface area contributed by atoms with Crippen LogP contribution in [0.1, 0.15) is 37.6 Å². The summed E-state index contributed by atoms with van der Waals surface area (Å²) >= 11 is 0. The smallest absolute Gasteiger partial charge is 0.497 e. The minimum Gasteiger partial charge on any atom is -0.497 e. The second-order valence-corrected chi connectivity index (χ2v) is 8.76. The van der Waals surface area contributed by atoms with Gasteiger partial charge in [0.25, 0.3) is 5.91 Å². The predicted octanol–water partition coefficient (Wildman–Crippen LogP) is 5.04. The third-order valence-electron chi connectivity index (χ3n) is 5.52. The predicted molar refractivity (Wildman–Crippen MR) is 164 cm³/mol. The number of halogens is 3. The Morgan fingerprint density at radius 1 is 0.977 bits per heavy atom. The molecule has 0 aliphatic rings. The summed E-state index contributed by atoms with van der Waals surface area (Å²) in [5.74, 6) is -0.493. The van der Waals surface area contributed by atoms with Crippen LogP contribution in [0.3, 0.4) is 0 Å². The van der Waals surface area contributed by atoms with Crippen LogP contribution in [0.2, 0.25) is 0 Å². The zero-order chi connectivity index (χ0) is 32.9. The maximum Gasteiger partial charge on any atom is 0.573 e. The van der Waals surface area contributed by atoms with E-state index < -0.39 is 23.9 Å². The van der Waals surface area contributed by atoms with Crippen LogP contribution in [0.4, 0.5) is 18.9 Å². The Labute approximate surface area is 252 Å². The molecule has 0 fully saturated rings. The van der Waals surface area contributed by atoms with Crippen molar-refractivity contribution in [2.24, 2.45) is 22.2 Å². The van der Waals surface area contributed by atoms with E-state index in [0.29, 0.717) is 22.5 Å². The molecule has 4 aromatic rings. The lowest BCUT2D eigenvalue weighted by Gasteiger charge is -2.11. The number of alkyl halides is 3. The van der Waals surface area contributed by atoms with Crippen LogP contribution in [0.15, 0.2) is 71.7 Å². The van der Waals surface area contributed by atoms with Crippen molar-refractivity contribution in [1.29, 1.82) is 0 Å². The summed E-state index contributed by atoms with van der Waals surface area (Å²) in [6.07, 6.45) is -3.87. The second-order valence-electron chi connectivity index (χ2n) is 8.76. The maximum absolute atomic E-state index is 12.8. The number of carbonyl (C=O) groups excluding carboxylic acids is 2. The molecule has 0 atom stereocenters. The monoisotopic (exact) mass is 615 g/mol. The molecule has 44 heavy (non-hydrogen) atoms. The van der Waals surface area contributed by atoms with Gasteiger partial charge in [0.1, 0.15) is 23.9 Å². The summed E-state index contributed by atoms with van der Waals surface area (Å²) in [5, 5.41) is 2.76. The molecule has 4 rings (SSSR count). The van der Waals surface area contributed by atoms with Crippen LogP contribution < -0.4 is 32.0 Å². The fourth-order valence-electron chi connectivity index (χ4n) is 3.76. The van der Waals surface area contributed by atoms with Crippen LogP contribution >= 0.6 is 0 Å². The van der Waals surface area contributed by atoms with Crippen LogP contribution in [0, 0.1) is 0 Å². The fourth-order valence-corrected chi connectivity index (χ4v) is 3.76. The molecule has 0 saturated heterocycles. The van der Waals surface area contributed by atoms with Crippen molar-refractivity contribution < 1.29 is 32.2 Å². The largest absolute Gasteiger partial charge is 0.573 e. The molecule has 1 aromatic heterocycles. The highest BCUT2D eigenvalue weighted by molar-refractivity contribution is 6.06. The van der Waals surface area contributed by atoms with E-state index in [2.05, 4.69) is 20.0 Å². The molecule has 1 heterocycles. The number of aliphatic imine (C=N–C) groups is 1. The Balaban J connectivity index is 0.000000661. The normalized spacial score (nSPS) is 10.4. The Bertz CT molecular complexity index is 1570. The number of carbonyl (C=O) groups is 2. The number of fused-ring (bicyclic) bond motifs is 1. The number of nitrogens with one attached hydrogen (secondary N) is 1. The minimum absolute atomic E-state index is 0.182. The van der Waals surface area contributed by atoms with Crippen molar-refractivity contribution in [2.75, 3.05) is 19.0 Å². The van der Waals surface area contributed by atoms with E-state index in [0.717, 1.165) is 25.1 Å². The molecule has 14 heteroatoms. The Kier molecular flexibility index (Phi) is 13.0. The lowest BCUT2D eigenvalue weighted by Crippen LogP contribution is -2.22. The van der Waals surface area contributed by atoms with E-state index in [-0.39, 0.29) is 29.5 Å². The molecule has 236 valence electrons. The van der Waals surface area contributed by atoms with E-state index in [1.165, 1.54) is 29.9 Å². The van der Waals surface area contributed by atoms with Gasteiger partial charge in [-0.2, -0.15) is 0 Å². The first kappa shape index (κ1) is 34.9. The number of nitrogens with zero attached hydrogens (tertiary/aromatic N) is 3. The zero-order valence-corrected chi connectivity index (χ0v) is 24.8. The molecule has 0 spiro atoms.